The van der Waals surface area contributed by atoms with E-state index in [-0.39, 0.29) is 16.9 Å². The predicted molar refractivity (Wildman–Crippen MR) is 68.7 cm³/mol. The molecule has 2 atom stereocenters. The molecule has 4 heteroatoms. The van der Waals surface area contributed by atoms with E-state index in [1.54, 1.807) is 6.07 Å². The Bertz CT molecular complexity index is 422. The maximum atomic E-state index is 14.0. The second kappa shape index (κ2) is 4.92. The summed E-state index contributed by atoms with van der Waals surface area (Å²) in [5, 5.41) is 0.213. The van der Waals surface area contributed by atoms with Crippen LogP contribution in [0.1, 0.15) is 23.6 Å². The third kappa shape index (κ3) is 2.46. The minimum absolute atomic E-state index is 0.0981. The van der Waals surface area contributed by atoms with E-state index in [1.807, 2.05) is 20.0 Å². The molecular weight excluding hydrogens is 239 g/mol. The molecule has 2 unspecified atom stereocenters. The summed E-state index contributed by atoms with van der Waals surface area (Å²) in [6.07, 6.45) is 0.906. The second-order valence-electron chi connectivity index (χ2n) is 4.94. The predicted octanol–water partition coefficient (Wildman–Crippen LogP) is 2.74. The minimum Gasteiger partial charge on any atom is -0.330 e. The van der Waals surface area contributed by atoms with Gasteiger partial charge in [-0.15, -0.1) is 0 Å². The van der Waals surface area contributed by atoms with E-state index in [0.29, 0.717) is 18.0 Å². The van der Waals surface area contributed by atoms with Gasteiger partial charge in [-0.2, -0.15) is 0 Å². The Hall–Kier alpha value is -0.640. The Morgan fingerprint density at radius 3 is 2.82 bits per heavy atom. The van der Waals surface area contributed by atoms with Gasteiger partial charge in [-0.25, -0.2) is 4.39 Å². The van der Waals surface area contributed by atoms with Crippen LogP contribution < -0.4 is 5.73 Å². The third-order valence-electron chi connectivity index (χ3n) is 3.53. The van der Waals surface area contributed by atoms with E-state index in [9.17, 15) is 4.39 Å². The summed E-state index contributed by atoms with van der Waals surface area (Å²) in [5.41, 5.74) is 7.39. The summed E-state index contributed by atoms with van der Waals surface area (Å²) in [6, 6.07) is 3.65. The van der Waals surface area contributed by atoms with Crippen LogP contribution in [0, 0.1) is 18.7 Å². The fourth-order valence-electron chi connectivity index (χ4n) is 2.63. The molecule has 2 rings (SSSR count). The zero-order valence-corrected chi connectivity index (χ0v) is 11.0. The summed E-state index contributed by atoms with van der Waals surface area (Å²) in [5.74, 6) is 0.162. The van der Waals surface area contributed by atoms with Crippen molar-refractivity contribution in [1.29, 1.82) is 0 Å². The van der Waals surface area contributed by atoms with Crippen molar-refractivity contribution in [3.63, 3.8) is 0 Å². The molecule has 0 radical (unpaired) electrons. The summed E-state index contributed by atoms with van der Waals surface area (Å²) in [6.45, 7) is 3.51. The molecule has 2 nitrogen and oxygen atoms in total. The highest BCUT2D eigenvalue weighted by Crippen LogP contribution is 2.37. The minimum atomic E-state index is -0.285. The largest absolute Gasteiger partial charge is 0.330 e. The Morgan fingerprint density at radius 2 is 2.24 bits per heavy atom. The maximum Gasteiger partial charge on any atom is 0.146 e. The van der Waals surface area contributed by atoms with Crippen LogP contribution in [0.5, 0.6) is 0 Å². The van der Waals surface area contributed by atoms with Gasteiger partial charge in [0.1, 0.15) is 5.82 Å². The van der Waals surface area contributed by atoms with Gasteiger partial charge in [-0.05, 0) is 44.5 Å². The molecule has 1 fully saturated rings. The number of halogens is 2. The van der Waals surface area contributed by atoms with Gasteiger partial charge < -0.3 is 5.73 Å². The highest BCUT2D eigenvalue weighted by molar-refractivity contribution is 6.30. The molecule has 17 heavy (non-hydrogen) atoms. The van der Waals surface area contributed by atoms with E-state index < -0.39 is 0 Å². The molecule has 94 valence electrons. The first-order chi connectivity index (χ1) is 8.02. The van der Waals surface area contributed by atoms with Crippen LogP contribution in [0.2, 0.25) is 5.02 Å². The number of rotatable bonds is 2. The van der Waals surface area contributed by atoms with Gasteiger partial charge in [0.25, 0.3) is 0 Å². The molecule has 0 amide bonds. The molecule has 0 aromatic heterocycles. The van der Waals surface area contributed by atoms with Gasteiger partial charge in [0.15, 0.2) is 0 Å². The average Bonchev–Trinajstić information content (AvgIpc) is 2.65. The van der Waals surface area contributed by atoms with Crippen molar-refractivity contribution < 1.29 is 4.39 Å². The molecule has 1 aromatic carbocycles. The van der Waals surface area contributed by atoms with Crippen molar-refractivity contribution in [2.45, 2.75) is 19.4 Å². The van der Waals surface area contributed by atoms with Crippen LogP contribution in [0.4, 0.5) is 4.39 Å². The zero-order valence-electron chi connectivity index (χ0n) is 10.2. The quantitative estimate of drug-likeness (QED) is 0.882. The molecule has 1 aliphatic heterocycles. The number of aryl methyl sites for hydroxylation is 1. The molecule has 0 spiro atoms. The summed E-state index contributed by atoms with van der Waals surface area (Å²) in [4.78, 5) is 2.16. The number of benzene rings is 1. The average molecular weight is 257 g/mol. The number of nitrogens with two attached hydrogens (primary N) is 1. The monoisotopic (exact) mass is 256 g/mol. The van der Waals surface area contributed by atoms with Gasteiger partial charge in [0.2, 0.25) is 0 Å². The van der Waals surface area contributed by atoms with E-state index in [2.05, 4.69) is 4.90 Å². The fourth-order valence-corrected chi connectivity index (χ4v) is 2.92. The van der Waals surface area contributed by atoms with Crippen molar-refractivity contribution in [2.75, 3.05) is 20.1 Å². The van der Waals surface area contributed by atoms with Gasteiger partial charge in [-0.3, -0.25) is 4.90 Å². The lowest BCUT2D eigenvalue weighted by molar-refractivity contribution is 0.307. The first kappa shape index (κ1) is 12.8. The lowest BCUT2D eigenvalue weighted by Gasteiger charge is -2.21. The Morgan fingerprint density at radius 1 is 1.53 bits per heavy atom. The lowest BCUT2D eigenvalue weighted by atomic mass is 9.98. The number of likely N-dealkylation sites (tertiary alicyclic amines) is 1. The lowest BCUT2D eigenvalue weighted by Crippen LogP contribution is -2.21. The molecule has 0 aliphatic carbocycles. The molecule has 1 aliphatic rings. The molecule has 1 saturated heterocycles. The van der Waals surface area contributed by atoms with Crippen molar-refractivity contribution in [3.8, 4) is 0 Å². The Balaban J connectivity index is 2.34. The fraction of sp³-hybridized carbons (Fsp3) is 0.538. The van der Waals surface area contributed by atoms with E-state index in [0.717, 1.165) is 18.5 Å². The first-order valence-corrected chi connectivity index (χ1v) is 6.26. The molecular formula is C13H18ClFN2. The normalized spacial score (nSPS) is 25.5. The SMILES string of the molecule is Cc1cc(Cl)c(F)c(C2CC(CN)CN2C)c1. The van der Waals surface area contributed by atoms with Crippen molar-refractivity contribution in [2.24, 2.45) is 11.7 Å². The van der Waals surface area contributed by atoms with Crippen molar-refractivity contribution in [1.82, 2.24) is 4.90 Å². The highest BCUT2D eigenvalue weighted by atomic mass is 35.5. The number of nitrogens with zero attached hydrogens (tertiary/aromatic N) is 1. The van der Waals surface area contributed by atoms with Gasteiger partial charge in [-0.1, -0.05) is 17.7 Å². The molecule has 2 N–H and O–H groups in total. The molecule has 1 aromatic rings. The van der Waals surface area contributed by atoms with Crippen LogP contribution in [0.3, 0.4) is 0 Å². The van der Waals surface area contributed by atoms with Crippen molar-refractivity contribution >= 4 is 11.6 Å². The van der Waals surface area contributed by atoms with Gasteiger partial charge in [0.05, 0.1) is 5.02 Å². The van der Waals surface area contributed by atoms with Gasteiger partial charge in [0, 0.05) is 18.2 Å². The smallest absolute Gasteiger partial charge is 0.146 e. The Labute approximate surface area is 107 Å². The van der Waals surface area contributed by atoms with Crippen LogP contribution in [-0.2, 0) is 0 Å². The van der Waals surface area contributed by atoms with Crippen LogP contribution in [0.25, 0.3) is 0 Å². The van der Waals surface area contributed by atoms with E-state index >= 15 is 0 Å². The molecule has 1 heterocycles. The summed E-state index contributed by atoms with van der Waals surface area (Å²) >= 11 is 5.90. The van der Waals surface area contributed by atoms with E-state index in [4.69, 9.17) is 17.3 Å². The van der Waals surface area contributed by atoms with Crippen LogP contribution >= 0.6 is 11.6 Å². The summed E-state index contributed by atoms with van der Waals surface area (Å²) in [7, 11) is 2.01. The zero-order chi connectivity index (χ0) is 12.6. The van der Waals surface area contributed by atoms with Crippen LogP contribution in [-0.4, -0.2) is 25.0 Å². The van der Waals surface area contributed by atoms with Crippen LogP contribution in [0.15, 0.2) is 12.1 Å². The standard InChI is InChI=1S/C13H18ClFN2/c1-8-3-10(13(15)11(14)4-8)12-5-9(6-16)7-17(12)2/h3-4,9,12H,5-7,16H2,1-2H3. The maximum absolute atomic E-state index is 14.0. The van der Waals surface area contributed by atoms with E-state index in [1.165, 1.54) is 0 Å². The summed E-state index contributed by atoms with van der Waals surface area (Å²) < 4.78 is 14.0. The van der Waals surface area contributed by atoms with Crippen molar-refractivity contribution in [3.05, 3.63) is 34.1 Å². The topological polar surface area (TPSA) is 29.3 Å². The molecule has 0 saturated carbocycles. The third-order valence-corrected chi connectivity index (χ3v) is 3.80. The Kier molecular flexibility index (Phi) is 3.71. The second-order valence-corrected chi connectivity index (χ2v) is 5.35. The van der Waals surface area contributed by atoms with Gasteiger partial charge >= 0.3 is 0 Å². The first-order valence-electron chi connectivity index (χ1n) is 5.88. The number of hydrogen-bond donors (Lipinski definition) is 1. The number of hydrogen-bond acceptors (Lipinski definition) is 2. The molecule has 0 bridgehead atoms. The highest BCUT2D eigenvalue weighted by Gasteiger charge is 2.31.